The zero-order valence-corrected chi connectivity index (χ0v) is 8.84. The van der Waals surface area contributed by atoms with E-state index < -0.39 is 0 Å². The van der Waals surface area contributed by atoms with Gasteiger partial charge in [0, 0.05) is 11.6 Å². The topological polar surface area (TPSA) is 75.8 Å². The van der Waals surface area contributed by atoms with Crippen molar-refractivity contribution in [2.24, 2.45) is 5.73 Å². The second-order valence-electron chi connectivity index (χ2n) is 3.59. The van der Waals surface area contributed by atoms with Crippen molar-refractivity contribution in [2.75, 3.05) is 0 Å². The molecule has 1 aromatic carbocycles. The lowest BCUT2D eigenvalue weighted by molar-refractivity contribution is 0.369. The van der Waals surface area contributed by atoms with E-state index in [4.69, 9.17) is 15.5 Å². The molecule has 0 amide bonds. The average Bonchev–Trinajstić information content (AvgIpc) is 2.78. The highest BCUT2D eigenvalue weighted by molar-refractivity contribution is 5.60. The summed E-state index contributed by atoms with van der Waals surface area (Å²) in [6.07, 6.45) is 0. The molecule has 16 heavy (non-hydrogen) atoms. The molecule has 0 saturated heterocycles. The molecule has 0 bridgehead atoms. The number of rotatable bonds is 2. The van der Waals surface area contributed by atoms with Gasteiger partial charge in [-0.2, -0.15) is 5.26 Å². The van der Waals surface area contributed by atoms with Gasteiger partial charge in [0.25, 0.3) is 0 Å². The maximum atomic E-state index is 8.68. The number of hydrogen-bond acceptors (Lipinski definition) is 4. The Morgan fingerprint density at radius 3 is 2.56 bits per heavy atom. The number of aromatic nitrogens is 1. The summed E-state index contributed by atoms with van der Waals surface area (Å²) in [5.74, 6) is 0.652. The van der Waals surface area contributed by atoms with E-state index in [1.807, 2.05) is 25.1 Å². The fourth-order valence-corrected chi connectivity index (χ4v) is 1.36. The summed E-state index contributed by atoms with van der Waals surface area (Å²) < 4.78 is 5.10. The molecule has 2 aromatic rings. The van der Waals surface area contributed by atoms with Gasteiger partial charge in [-0.3, -0.25) is 0 Å². The maximum Gasteiger partial charge on any atom is 0.153 e. The van der Waals surface area contributed by atoms with Crippen LogP contribution in [0.1, 0.15) is 24.3 Å². The van der Waals surface area contributed by atoms with Crippen LogP contribution in [0, 0.1) is 11.3 Å². The summed E-state index contributed by atoms with van der Waals surface area (Å²) in [6.45, 7) is 1.84. The van der Waals surface area contributed by atoms with Crippen LogP contribution in [0.2, 0.25) is 0 Å². The molecule has 1 aromatic heterocycles. The summed E-state index contributed by atoms with van der Waals surface area (Å²) in [4.78, 5) is 0. The lowest BCUT2D eigenvalue weighted by Crippen LogP contribution is -2.02. The van der Waals surface area contributed by atoms with Crippen LogP contribution in [0.5, 0.6) is 0 Å². The third-order valence-electron chi connectivity index (χ3n) is 2.29. The van der Waals surface area contributed by atoms with Gasteiger partial charge in [-0.15, -0.1) is 0 Å². The van der Waals surface area contributed by atoms with Crippen molar-refractivity contribution in [3.8, 4) is 17.3 Å². The van der Waals surface area contributed by atoms with Gasteiger partial charge < -0.3 is 10.3 Å². The van der Waals surface area contributed by atoms with Crippen LogP contribution in [-0.2, 0) is 0 Å². The lowest BCUT2D eigenvalue weighted by atomic mass is 10.1. The second kappa shape index (κ2) is 4.17. The Morgan fingerprint density at radius 2 is 2.06 bits per heavy atom. The molecule has 4 nitrogen and oxygen atoms in total. The Bertz CT molecular complexity index is 520. The molecule has 0 unspecified atom stereocenters. The Hall–Kier alpha value is -2.12. The molecule has 0 aliphatic heterocycles. The molecule has 1 heterocycles. The highest BCUT2D eigenvalue weighted by Crippen LogP contribution is 2.21. The minimum Gasteiger partial charge on any atom is -0.359 e. The SMILES string of the molecule is C[C@@H](N)c1cc(-c2ccc(C#N)cc2)no1. The van der Waals surface area contributed by atoms with E-state index in [0.29, 0.717) is 11.3 Å². The van der Waals surface area contributed by atoms with E-state index in [1.54, 1.807) is 12.1 Å². The van der Waals surface area contributed by atoms with Crippen LogP contribution < -0.4 is 5.73 Å². The zero-order valence-electron chi connectivity index (χ0n) is 8.84. The molecule has 0 aliphatic carbocycles. The summed E-state index contributed by atoms with van der Waals surface area (Å²) in [6, 6.07) is 10.9. The first-order valence-corrected chi connectivity index (χ1v) is 4.93. The van der Waals surface area contributed by atoms with Crippen LogP contribution >= 0.6 is 0 Å². The van der Waals surface area contributed by atoms with Crippen LogP contribution in [0.25, 0.3) is 11.3 Å². The third-order valence-corrected chi connectivity index (χ3v) is 2.29. The third kappa shape index (κ3) is 1.95. The quantitative estimate of drug-likeness (QED) is 0.829. The summed E-state index contributed by atoms with van der Waals surface area (Å²) in [5, 5.41) is 12.6. The van der Waals surface area contributed by atoms with Crippen molar-refractivity contribution in [3.63, 3.8) is 0 Å². The van der Waals surface area contributed by atoms with E-state index in [2.05, 4.69) is 11.2 Å². The average molecular weight is 213 g/mol. The minimum atomic E-state index is -0.167. The van der Waals surface area contributed by atoms with Gasteiger partial charge in [0.1, 0.15) is 5.69 Å². The van der Waals surface area contributed by atoms with Gasteiger partial charge >= 0.3 is 0 Å². The molecular formula is C12H11N3O. The Labute approximate surface area is 93.3 Å². The van der Waals surface area contributed by atoms with Gasteiger partial charge in [-0.05, 0) is 19.1 Å². The zero-order chi connectivity index (χ0) is 11.5. The predicted molar refractivity (Wildman–Crippen MR) is 59.3 cm³/mol. The van der Waals surface area contributed by atoms with Crippen molar-refractivity contribution in [2.45, 2.75) is 13.0 Å². The number of nitriles is 1. The monoisotopic (exact) mass is 213 g/mol. The van der Waals surface area contributed by atoms with Crippen LogP contribution in [0.4, 0.5) is 0 Å². The largest absolute Gasteiger partial charge is 0.359 e. The fraction of sp³-hybridized carbons (Fsp3) is 0.167. The van der Waals surface area contributed by atoms with Crippen LogP contribution in [-0.4, -0.2) is 5.16 Å². The van der Waals surface area contributed by atoms with E-state index in [1.165, 1.54) is 0 Å². The molecular weight excluding hydrogens is 202 g/mol. The molecule has 80 valence electrons. The predicted octanol–water partition coefficient (Wildman–Crippen LogP) is 2.23. The van der Waals surface area contributed by atoms with E-state index >= 15 is 0 Å². The molecule has 0 saturated carbocycles. The summed E-state index contributed by atoms with van der Waals surface area (Å²) >= 11 is 0. The number of nitrogens with zero attached hydrogens (tertiary/aromatic N) is 2. The molecule has 2 N–H and O–H groups in total. The first-order chi connectivity index (χ1) is 7.70. The van der Waals surface area contributed by atoms with Crippen molar-refractivity contribution >= 4 is 0 Å². The fourth-order valence-electron chi connectivity index (χ4n) is 1.36. The van der Waals surface area contributed by atoms with Crippen LogP contribution in [0.15, 0.2) is 34.9 Å². The maximum absolute atomic E-state index is 8.68. The number of hydrogen-bond donors (Lipinski definition) is 1. The van der Waals surface area contributed by atoms with E-state index in [-0.39, 0.29) is 6.04 Å². The lowest BCUT2D eigenvalue weighted by Gasteiger charge is -1.95. The number of nitrogens with two attached hydrogens (primary N) is 1. The normalized spacial score (nSPS) is 12.1. The highest BCUT2D eigenvalue weighted by atomic mass is 16.5. The smallest absolute Gasteiger partial charge is 0.153 e. The molecule has 0 aliphatic rings. The summed E-state index contributed by atoms with van der Waals surface area (Å²) in [7, 11) is 0. The molecule has 0 fully saturated rings. The molecule has 1 atom stereocenters. The standard InChI is InChI=1S/C12H11N3O/c1-8(14)12-6-11(15-16-12)10-4-2-9(7-13)3-5-10/h2-6,8H,14H2,1H3/t8-/m1/s1. The first kappa shape index (κ1) is 10.4. The van der Waals surface area contributed by atoms with Crippen molar-refractivity contribution in [1.29, 1.82) is 5.26 Å². The highest BCUT2D eigenvalue weighted by Gasteiger charge is 2.09. The van der Waals surface area contributed by atoms with E-state index in [0.717, 1.165) is 11.3 Å². The minimum absolute atomic E-state index is 0.167. The second-order valence-corrected chi connectivity index (χ2v) is 3.59. The Kier molecular flexibility index (Phi) is 2.71. The van der Waals surface area contributed by atoms with Gasteiger partial charge in [0.15, 0.2) is 5.76 Å². The van der Waals surface area contributed by atoms with Crippen molar-refractivity contribution in [3.05, 3.63) is 41.7 Å². The Morgan fingerprint density at radius 1 is 1.38 bits per heavy atom. The Balaban J connectivity index is 2.32. The summed E-state index contributed by atoms with van der Waals surface area (Å²) in [5.41, 5.74) is 7.94. The number of benzene rings is 1. The van der Waals surface area contributed by atoms with Gasteiger partial charge in [0.2, 0.25) is 0 Å². The molecule has 4 heteroatoms. The van der Waals surface area contributed by atoms with Crippen molar-refractivity contribution < 1.29 is 4.52 Å². The van der Waals surface area contributed by atoms with Crippen molar-refractivity contribution in [1.82, 2.24) is 5.16 Å². The molecule has 0 spiro atoms. The van der Waals surface area contributed by atoms with Crippen LogP contribution in [0.3, 0.4) is 0 Å². The van der Waals surface area contributed by atoms with Gasteiger partial charge in [-0.25, -0.2) is 0 Å². The van der Waals surface area contributed by atoms with E-state index in [9.17, 15) is 0 Å². The molecule has 0 radical (unpaired) electrons. The van der Waals surface area contributed by atoms with Gasteiger partial charge in [-0.1, -0.05) is 17.3 Å². The first-order valence-electron chi connectivity index (χ1n) is 4.93. The molecule has 2 rings (SSSR count). The van der Waals surface area contributed by atoms with Gasteiger partial charge in [0.05, 0.1) is 17.7 Å².